The molecule has 3 aromatic rings. The number of aromatic amines is 1. The second-order valence-electron chi connectivity index (χ2n) is 7.24. The lowest BCUT2D eigenvalue weighted by molar-refractivity contribution is 0.219. The van der Waals surface area contributed by atoms with Crippen LogP contribution in [0.15, 0.2) is 29.8 Å². The second kappa shape index (κ2) is 7.19. The zero-order valence-electron chi connectivity index (χ0n) is 15.8. The predicted molar refractivity (Wildman–Crippen MR) is 107 cm³/mol. The first-order valence-electron chi connectivity index (χ1n) is 9.17. The number of amides is 2. The fraction of sp³-hybridized carbons (Fsp3) is 0.421. The summed E-state index contributed by atoms with van der Waals surface area (Å²) in [6.07, 6.45) is 4.29. The van der Waals surface area contributed by atoms with Crippen molar-refractivity contribution in [2.45, 2.75) is 39.3 Å². The zero-order valence-corrected chi connectivity index (χ0v) is 16.6. The quantitative estimate of drug-likeness (QED) is 0.666. The summed E-state index contributed by atoms with van der Waals surface area (Å²) in [5, 5.41) is 16.9. The molecule has 1 saturated carbocycles. The monoisotopic (exact) mass is 384 g/mol. The van der Waals surface area contributed by atoms with Gasteiger partial charge in [0, 0.05) is 12.6 Å². The van der Waals surface area contributed by atoms with E-state index in [0.29, 0.717) is 18.5 Å². The average Bonchev–Trinajstić information content (AvgIpc) is 3.03. The number of hydrogen-bond acceptors (Lipinski definition) is 4. The Morgan fingerprint density at radius 2 is 2.33 bits per heavy atom. The fourth-order valence-electron chi connectivity index (χ4n) is 3.21. The third kappa shape index (κ3) is 3.75. The maximum absolute atomic E-state index is 12.7. The zero-order chi connectivity index (χ0) is 19.0. The van der Waals surface area contributed by atoms with Crippen LogP contribution in [0.1, 0.15) is 37.1 Å². The van der Waals surface area contributed by atoms with Crippen molar-refractivity contribution in [1.82, 2.24) is 24.9 Å². The largest absolute Gasteiger partial charge is 0.323 e. The molecule has 0 radical (unpaired) electrons. The molecule has 0 spiro atoms. The molecule has 0 aromatic carbocycles. The van der Waals surface area contributed by atoms with Gasteiger partial charge in [-0.15, -0.1) is 11.3 Å². The van der Waals surface area contributed by atoms with Crippen LogP contribution in [0.4, 0.5) is 10.6 Å². The maximum atomic E-state index is 12.7. The third-order valence-electron chi connectivity index (χ3n) is 5.05. The highest BCUT2D eigenvalue weighted by molar-refractivity contribution is 7.13. The highest BCUT2D eigenvalue weighted by atomic mass is 32.1. The molecule has 4 rings (SSSR count). The maximum Gasteiger partial charge on any atom is 0.323 e. The van der Waals surface area contributed by atoms with E-state index in [1.54, 1.807) is 23.3 Å². The van der Waals surface area contributed by atoms with Gasteiger partial charge in [-0.3, -0.25) is 10.4 Å². The number of aryl methyl sites for hydroxylation is 1. The molecule has 0 saturated heterocycles. The number of carbonyl (C=O) groups is 1. The molecule has 8 heteroatoms. The van der Waals surface area contributed by atoms with Crippen LogP contribution >= 0.6 is 11.3 Å². The Kier molecular flexibility index (Phi) is 4.73. The minimum atomic E-state index is -0.157. The van der Waals surface area contributed by atoms with Crippen molar-refractivity contribution in [1.29, 1.82) is 0 Å². The normalized spacial score (nSPS) is 14.9. The summed E-state index contributed by atoms with van der Waals surface area (Å²) >= 11 is 1.65. The SMILES string of the molecule is Cc1cnn([C@@H](C)C2CC2)c1NC(=O)N(C)Cc1cc(-c2cccs2)n[nH]1. The van der Waals surface area contributed by atoms with Crippen LogP contribution in [-0.2, 0) is 6.54 Å². The number of carbonyl (C=O) groups excluding carboxylic acids is 1. The molecule has 2 N–H and O–H groups in total. The van der Waals surface area contributed by atoms with Crippen molar-refractivity contribution in [2.24, 2.45) is 5.92 Å². The molecule has 1 aliphatic carbocycles. The number of aromatic nitrogens is 4. The van der Waals surface area contributed by atoms with Crippen molar-refractivity contribution < 1.29 is 4.79 Å². The summed E-state index contributed by atoms with van der Waals surface area (Å²) < 4.78 is 1.95. The fourth-order valence-corrected chi connectivity index (χ4v) is 3.89. The van der Waals surface area contributed by atoms with E-state index < -0.39 is 0 Å². The van der Waals surface area contributed by atoms with Crippen LogP contribution in [0.2, 0.25) is 0 Å². The standard InChI is InChI=1S/C19H24N6OS/c1-12-10-20-25(13(2)14-6-7-14)18(12)21-19(26)24(3)11-15-9-16(23-22-15)17-5-4-8-27-17/h4-5,8-10,13-14H,6-7,11H2,1-3H3,(H,21,26)(H,22,23)/t13-/m0/s1. The smallest absolute Gasteiger partial charge is 0.322 e. The van der Waals surface area contributed by atoms with Gasteiger partial charge >= 0.3 is 6.03 Å². The molecule has 1 atom stereocenters. The van der Waals surface area contributed by atoms with Gasteiger partial charge in [0.2, 0.25) is 0 Å². The van der Waals surface area contributed by atoms with E-state index in [0.717, 1.165) is 27.6 Å². The summed E-state index contributed by atoms with van der Waals surface area (Å²) in [6, 6.07) is 6.17. The molecule has 3 heterocycles. The Labute approximate surface area is 162 Å². The molecule has 27 heavy (non-hydrogen) atoms. The van der Waals surface area contributed by atoms with E-state index in [9.17, 15) is 4.79 Å². The number of thiophene rings is 1. The van der Waals surface area contributed by atoms with E-state index in [2.05, 4.69) is 27.5 Å². The Morgan fingerprint density at radius 1 is 1.52 bits per heavy atom. The molecular formula is C19H24N6OS. The van der Waals surface area contributed by atoms with Crippen molar-refractivity contribution in [3.8, 4) is 10.6 Å². The summed E-state index contributed by atoms with van der Waals surface area (Å²) in [5.41, 5.74) is 2.78. The number of hydrogen-bond donors (Lipinski definition) is 2. The van der Waals surface area contributed by atoms with Crippen LogP contribution in [0.5, 0.6) is 0 Å². The first kappa shape index (κ1) is 17.8. The third-order valence-corrected chi connectivity index (χ3v) is 5.94. The van der Waals surface area contributed by atoms with Gasteiger partial charge in [0.05, 0.1) is 29.4 Å². The van der Waals surface area contributed by atoms with Gasteiger partial charge in [-0.2, -0.15) is 10.2 Å². The highest BCUT2D eigenvalue weighted by Crippen LogP contribution is 2.40. The first-order chi connectivity index (χ1) is 13.0. The van der Waals surface area contributed by atoms with Gasteiger partial charge in [-0.1, -0.05) is 6.07 Å². The average molecular weight is 385 g/mol. The lowest BCUT2D eigenvalue weighted by Gasteiger charge is -2.20. The van der Waals surface area contributed by atoms with Crippen LogP contribution in [0.3, 0.4) is 0 Å². The van der Waals surface area contributed by atoms with Crippen LogP contribution in [-0.4, -0.2) is 38.0 Å². The Balaban J connectivity index is 1.42. The Morgan fingerprint density at radius 3 is 3.04 bits per heavy atom. The van der Waals surface area contributed by atoms with Crippen LogP contribution in [0, 0.1) is 12.8 Å². The van der Waals surface area contributed by atoms with Crippen LogP contribution < -0.4 is 5.32 Å². The Hall–Kier alpha value is -2.61. The molecule has 3 aromatic heterocycles. The topological polar surface area (TPSA) is 78.8 Å². The van der Waals surface area contributed by atoms with Gasteiger partial charge in [-0.25, -0.2) is 9.48 Å². The molecule has 2 amide bonds. The molecule has 0 aliphatic heterocycles. The van der Waals surface area contributed by atoms with Crippen molar-refractivity contribution in [2.75, 3.05) is 12.4 Å². The molecule has 1 aliphatic rings. The number of H-pyrrole nitrogens is 1. The van der Waals surface area contributed by atoms with Gasteiger partial charge in [0.25, 0.3) is 0 Å². The molecular weight excluding hydrogens is 360 g/mol. The van der Waals surface area contributed by atoms with Gasteiger partial charge < -0.3 is 4.90 Å². The summed E-state index contributed by atoms with van der Waals surface area (Å²) in [4.78, 5) is 15.5. The van der Waals surface area contributed by atoms with E-state index in [1.807, 2.05) is 41.4 Å². The van der Waals surface area contributed by atoms with E-state index in [-0.39, 0.29) is 6.03 Å². The minimum absolute atomic E-state index is 0.157. The van der Waals surface area contributed by atoms with Gasteiger partial charge in [0.15, 0.2) is 0 Å². The predicted octanol–water partition coefficient (Wildman–Crippen LogP) is 4.28. The Bertz CT molecular complexity index is 924. The van der Waals surface area contributed by atoms with E-state index in [4.69, 9.17) is 0 Å². The molecule has 7 nitrogen and oxygen atoms in total. The van der Waals surface area contributed by atoms with Crippen molar-refractivity contribution in [3.05, 3.63) is 41.0 Å². The second-order valence-corrected chi connectivity index (χ2v) is 8.19. The van der Waals surface area contributed by atoms with Crippen LogP contribution in [0.25, 0.3) is 10.6 Å². The van der Waals surface area contributed by atoms with Crippen molar-refractivity contribution in [3.63, 3.8) is 0 Å². The number of anilines is 1. The highest BCUT2D eigenvalue weighted by Gasteiger charge is 2.31. The number of nitrogens with one attached hydrogen (secondary N) is 2. The first-order valence-corrected chi connectivity index (χ1v) is 10.0. The molecule has 142 valence electrons. The lowest BCUT2D eigenvalue weighted by Crippen LogP contribution is -2.32. The minimum Gasteiger partial charge on any atom is -0.322 e. The number of rotatable bonds is 6. The summed E-state index contributed by atoms with van der Waals surface area (Å²) in [5.74, 6) is 1.45. The van der Waals surface area contributed by atoms with E-state index in [1.165, 1.54) is 12.8 Å². The van der Waals surface area contributed by atoms with Gasteiger partial charge in [-0.05, 0) is 50.1 Å². The lowest BCUT2D eigenvalue weighted by atomic mass is 10.2. The summed E-state index contributed by atoms with van der Waals surface area (Å²) in [7, 11) is 1.78. The van der Waals surface area contributed by atoms with Crippen molar-refractivity contribution >= 4 is 23.2 Å². The number of urea groups is 1. The molecule has 1 fully saturated rings. The van der Waals surface area contributed by atoms with E-state index >= 15 is 0 Å². The van der Waals surface area contributed by atoms with Gasteiger partial charge in [0.1, 0.15) is 11.5 Å². The number of nitrogens with zero attached hydrogens (tertiary/aromatic N) is 4. The summed E-state index contributed by atoms with van der Waals surface area (Å²) in [6.45, 7) is 4.59. The molecule has 0 unspecified atom stereocenters. The molecule has 0 bridgehead atoms.